The minimum Gasteiger partial charge on any atom is -0.497 e. The first-order valence-electron chi connectivity index (χ1n) is 10.1. The number of rotatable bonds is 9. The van der Waals surface area contributed by atoms with Crippen molar-refractivity contribution in [3.8, 4) is 23.0 Å². The van der Waals surface area contributed by atoms with Gasteiger partial charge in [-0.1, -0.05) is 42.5 Å². The summed E-state index contributed by atoms with van der Waals surface area (Å²) in [5.74, 6) is 0.880. The van der Waals surface area contributed by atoms with Crippen LogP contribution in [0, 0.1) is 0 Å². The molecule has 3 aromatic rings. The van der Waals surface area contributed by atoms with Gasteiger partial charge < -0.3 is 18.9 Å². The number of hydrogen-bond donors (Lipinski definition) is 0. The van der Waals surface area contributed by atoms with Crippen LogP contribution in [0.3, 0.4) is 0 Å². The quantitative estimate of drug-likeness (QED) is 0.195. The van der Waals surface area contributed by atoms with Crippen LogP contribution in [0.5, 0.6) is 23.0 Å². The summed E-state index contributed by atoms with van der Waals surface area (Å²) in [6.07, 6.45) is 6.10. The fraction of sp³-hybridized carbons (Fsp3) is 0.111. The summed E-state index contributed by atoms with van der Waals surface area (Å²) in [5.41, 5.74) is 1.97. The van der Waals surface area contributed by atoms with Gasteiger partial charge in [0.15, 0.2) is 17.3 Å². The van der Waals surface area contributed by atoms with Gasteiger partial charge >= 0.3 is 5.97 Å². The molecule has 0 heterocycles. The summed E-state index contributed by atoms with van der Waals surface area (Å²) < 4.78 is 21.2. The van der Waals surface area contributed by atoms with Gasteiger partial charge in [-0.05, 0) is 53.6 Å². The molecular weight excluding hydrogens is 420 g/mol. The molecule has 0 N–H and O–H groups in total. The number of esters is 1. The standard InChI is InChI=1S/C27H24O6/c1-30-21-12-15-24(31-2)22(18-21)23(28)13-9-20-10-14-25(26(17-20)32-3)33-27(29)16-11-19-7-5-4-6-8-19/h4-18H,1-3H3. The van der Waals surface area contributed by atoms with Gasteiger partial charge in [0.25, 0.3) is 0 Å². The Bertz CT molecular complexity index is 1180. The van der Waals surface area contributed by atoms with Gasteiger partial charge in [-0.3, -0.25) is 4.79 Å². The van der Waals surface area contributed by atoms with Gasteiger partial charge in [-0.15, -0.1) is 0 Å². The molecule has 0 bridgehead atoms. The zero-order chi connectivity index (χ0) is 23.6. The highest BCUT2D eigenvalue weighted by Crippen LogP contribution is 2.29. The van der Waals surface area contributed by atoms with Crippen molar-refractivity contribution in [2.75, 3.05) is 21.3 Å². The molecule has 0 aromatic heterocycles. The second-order valence-corrected chi connectivity index (χ2v) is 6.84. The minimum absolute atomic E-state index is 0.244. The van der Waals surface area contributed by atoms with Gasteiger partial charge in [0.2, 0.25) is 0 Å². The van der Waals surface area contributed by atoms with E-state index in [0.717, 1.165) is 5.56 Å². The monoisotopic (exact) mass is 444 g/mol. The molecule has 3 rings (SSSR count). The van der Waals surface area contributed by atoms with Crippen LogP contribution in [-0.2, 0) is 4.79 Å². The van der Waals surface area contributed by atoms with Crippen molar-refractivity contribution in [2.24, 2.45) is 0 Å². The van der Waals surface area contributed by atoms with E-state index >= 15 is 0 Å². The molecule has 0 atom stereocenters. The Kier molecular flexibility index (Phi) is 8.02. The van der Waals surface area contributed by atoms with E-state index < -0.39 is 5.97 Å². The molecule has 33 heavy (non-hydrogen) atoms. The number of benzene rings is 3. The molecule has 0 radical (unpaired) electrons. The molecule has 0 fully saturated rings. The molecule has 6 heteroatoms. The molecule has 0 spiro atoms. The third-order valence-electron chi connectivity index (χ3n) is 4.71. The summed E-state index contributed by atoms with van der Waals surface area (Å²) >= 11 is 0. The average Bonchev–Trinajstić information content (AvgIpc) is 2.86. The highest BCUT2D eigenvalue weighted by atomic mass is 16.6. The summed E-state index contributed by atoms with van der Waals surface area (Å²) in [6, 6.07) is 19.5. The predicted molar refractivity (Wildman–Crippen MR) is 127 cm³/mol. The summed E-state index contributed by atoms with van der Waals surface area (Å²) in [6.45, 7) is 0. The molecule has 0 unspecified atom stereocenters. The Balaban J connectivity index is 1.73. The second kappa shape index (κ2) is 11.3. The van der Waals surface area contributed by atoms with Crippen LogP contribution in [0.4, 0.5) is 0 Å². The number of carbonyl (C=O) groups is 2. The normalized spacial score (nSPS) is 10.9. The van der Waals surface area contributed by atoms with Crippen molar-refractivity contribution in [3.05, 3.63) is 95.6 Å². The molecule has 6 nitrogen and oxygen atoms in total. The van der Waals surface area contributed by atoms with Crippen LogP contribution in [0.1, 0.15) is 21.5 Å². The Labute approximate surface area is 192 Å². The van der Waals surface area contributed by atoms with Crippen LogP contribution < -0.4 is 18.9 Å². The molecule has 168 valence electrons. The van der Waals surface area contributed by atoms with Gasteiger partial charge in [-0.2, -0.15) is 0 Å². The lowest BCUT2D eigenvalue weighted by molar-refractivity contribution is -0.129. The van der Waals surface area contributed by atoms with Crippen molar-refractivity contribution in [1.29, 1.82) is 0 Å². The second-order valence-electron chi connectivity index (χ2n) is 6.84. The maximum absolute atomic E-state index is 12.7. The van der Waals surface area contributed by atoms with Gasteiger partial charge in [0, 0.05) is 6.08 Å². The smallest absolute Gasteiger partial charge is 0.336 e. The number of methoxy groups -OCH3 is 3. The Morgan fingerprint density at radius 1 is 0.667 bits per heavy atom. The fourth-order valence-corrected chi connectivity index (χ4v) is 3.01. The van der Waals surface area contributed by atoms with Crippen molar-refractivity contribution < 1.29 is 28.5 Å². The number of ether oxygens (including phenoxy) is 4. The van der Waals surface area contributed by atoms with Crippen molar-refractivity contribution in [1.82, 2.24) is 0 Å². The SMILES string of the molecule is COc1ccc(OC)c(C(=O)C=Cc2ccc(OC(=O)C=Cc3ccccc3)c(OC)c2)c1. The van der Waals surface area contributed by atoms with Crippen molar-refractivity contribution in [3.63, 3.8) is 0 Å². The number of hydrogen-bond acceptors (Lipinski definition) is 6. The minimum atomic E-state index is -0.527. The first-order valence-corrected chi connectivity index (χ1v) is 10.1. The van der Waals surface area contributed by atoms with Gasteiger partial charge in [-0.25, -0.2) is 4.79 Å². The van der Waals surface area contributed by atoms with E-state index in [2.05, 4.69) is 0 Å². The van der Waals surface area contributed by atoms with Crippen molar-refractivity contribution >= 4 is 23.9 Å². The Morgan fingerprint density at radius 3 is 2.06 bits per heavy atom. The highest BCUT2D eigenvalue weighted by molar-refractivity contribution is 6.09. The summed E-state index contributed by atoms with van der Waals surface area (Å²) in [5, 5.41) is 0. The maximum atomic E-state index is 12.7. The molecule has 3 aromatic carbocycles. The largest absolute Gasteiger partial charge is 0.497 e. The molecule has 0 aliphatic carbocycles. The van der Waals surface area contributed by atoms with Crippen LogP contribution in [0.25, 0.3) is 12.2 Å². The van der Waals surface area contributed by atoms with Crippen LogP contribution in [-0.4, -0.2) is 33.1 Å². The van der Waals surface area contributed by atoms with Gasteiger partial charge in [0.1, 0.15) is 11.5 Å². The number of allylic oxidation sites excluding steroid dienone is 1. The lowest BCUT2D eigenvalue weighted by Crippen LogP contribution is -2.05. The van der Waals surface area contributed by atoms with Crippen LogP contribution in [0.2, 0.25) is 0 Å². The van der Waals surface area contributed by atoms with E-state index in [0.29, 0.717) is 28.4 Å². The number of ketones is 1. The van der Waals surface area contributed by atoms with Crippen LogP contribution in [0.15, 0.2) is 78.9 Å². The van der Waals surface area contributed by atoms with E-state index in [1.165, 1.54) is 33.5 Å². The zero-order valence-electron chi connectivity index (χ0n) is 18.6. The molecule has 0 amide bonds. The van der Waals surface area contributed by atoms with Crippen molar-refractivity contribution in [2.45, 2.75) is 0 Å². The first kappa shape index (κ1) is 23.3. The zero-order valence-corrected chi connectivity index (χ0v) is 18.6. The highest BCUT2D eigenvalue weighted by Gasteiger charge is 2.12. The third-order valence-corrected chi connectivity index (χ3v) is 4.71. The van der Waals surface area contributed by atoms with E-state index in [1.54, 1.807) is 48.6 Å². The molecule has 0 aliphatic heterocycles. The Hall–Kier alpha value is -4.32. The van der Waals surface area contributed by atoms with E-state index in [9.17, 15) is 9.59 Å². The first-order chi connectivity index (χ1) is 16.0. The van der Waals surface area contributed by atoms with E-state index in [-0.39, 0.29) is 11.5 Å². The third kappa shape index (κ3) is 6.33. The summed E-state index contributed by atoms with van der Waals surface area (Å²) in [4.78, 5) is 24.9. The van der Waals surface area contributed by atoms with E-state index in [4.69, 9.17) is 18.9 Å². The fourth-order valence-electron chi connectivity index (χ4n) is 3.01. The molecule has 0 saturated carbocycles. The molecule has 0 aliphatic rings. The van der Waals surface area contributed by atoms with Crippen LogP contribution >= 0.6 is 0 Å². The van der Waals surface area contributed by atoms with Gasteiger partial charge in [0.05, 0.1) is 26.9 Å². The lowest BCUT2D eigenvalue weighted by atomic mass is 10.1. The number of carbonyl (C=O) groups excluding carboxylic acids is 2. The Morgan fingerprint density at radius 2 is 1.36 bits per heavy atom. The average molecular weight is 444 g/mol. The maximum Gasteiger partial charge on any atom is 0.336 e. The van der Waals surface area contributed by atoms with E-state index in [1.807, 2.05) is 30.3 Å². The predicted octanol–water partition coefficient (Wildman–Crippen LogP) is 5.23. The topological polar surface area (TPSA) is 71.1 Å². The molecular formula is C27H24O6. The lowest BCUT2D eigenvalue weighted by Gasteiger charge is -2.09. The summed E-state index contributed by atoms with van der Waals surface area (Å²) in [7, 11) is 4.51. The molecule has 0 saturated heterocycles.